The smallest absolute Gasteiger partial charge is 0.113 e. The number of ether oxygens (including phenoxy) is 2. The predicted molar refractivity (Wildman–Crippen MR) is 117 cm³/mol. The molecular weight excluding hydrogens is 448 g/mol. The Balaban J connectivity index is 1.56. The maximum atomic E-state index is 10.4. The molecule has 8 N–H and O–H groups in total. The fourth-order valence-corrected chi connectivity index (χ4v) is 4.51. The van der Waals surface area contributed by atoms with Gasteiger partial charge >= 0.3 is 0 Å². The van der Waals surface area contributed by atoms with Crippen LogP contribution in [0.3, 0.4) is 0 Å². The fraction of sp³-hybridized carbons (Fsp3) is 0.500. The molecule has 0 saturated carbocycles. The first-order valence-electron chi connectivity index (χ1n) is 11.1. The van der Waals surface area contributed by atoms with Crippen molar-refractivity contribution in [2.45, 2.75) is 61.0 Å². The van der Waals surface area contributed by atoms with Crippen LogP contribution in [0.1, 0.15) is 23.3 Å². The number of aliphatic hydroxyl groups is 8. The zero-order valence-electron chi connectivity index (χ0n) is 18.2. The SMILES string of the molecule is OC[C@H]1O[C@H](c2cccc(-c3ccc([C@H]4O[C@H](CO)[C@@H](O)[C@H](O)[C@@H]4O)cc3)c2)[C@H](O)[C@@H](O)[C@@H]1O. The average molecular weight is 478 g/mol. The van der Waals surface area contributed by atoms with Crippen molar-refractivity contribution < 1.29 is 50.3 Å². The van der Waals surface area contributed by atoms with E-state index in [-0.39, 0.29) is 0 Å². The lowest BCUT2D eigenvalue weighted by Gasteiger charge is -2.40. The maximum absolute atomic E-state index is 10.4. The van der Waals surface area contributed by atoms with E-state index in [2.05, 4.69) is 0 Å². The standard InChI is InChI=1S/C24H30O10/c25-9-15-17(27)19(29)21(31)23(33-15)12-6-4-11(5-7-12)13-2-1-3-14(8-13)24-22(32)20(30)18(28)16(10-26)34-24/h1-8,15-32H,9-10H2/t15-,16-,17-,18-,19+,20+,21+,22-,23-,24-/m1/s1. The first kappa shape index (κ1) is 25.1. The molecule has 0 unspecified atom stereocenters. The highest BCUT2D eigenvalue weighted by Crippen LogP contribution is 2.36. The van der Waals surface area contributed by atoms with Crippen LogP contribution in [0.15, 0.2) is 48.5 Å². The van der Waals surface area contributed by atoms with E-state index in [1.807, 2.05) is 6.07 Å². The summed E-state index contributed by atoms with van der Waals surface area (Å²) in [4.78, 5) is 0. The molecule has 10 atom stereocenters. The molecule has 2 saturated heterocycles. The molecule has 0 aliphatic carbocycles. The molecule has 2 aromatic carbocycles. The molecule has 10 nitrogen and oxygen atoms in total. The molecule has 2 aromatic rings. The third-order valence-corrected chi connectivity index (χ3v) is 6.57. The maximum Gasteiger partial charge on any atom is 0.113 e. The number of hydrogen-bond donors (Lipinski definition) is 8. The van der Waals surface area contributed by atoms with E-state index in [0.717, 1.165) is 11.1 Å². The highest BCUT2D eigenvalue weighted by Gasteiger charge is 2.45. The van der Waals surface area contributed by atoms with E-state index in [0.29, 0.717) is 11.1 Å². The van der Waals surface area contributed by atoms with Gasteiger partial charge in [0.25, 0.3) is 0 Å². The first-order valence-corrected chi connectivity index (χ1v) is 11.1. The largest absolute Gasteiger partial charge is 0.394 e. The predicted octanol–water partition coefficient (Wildman–Crippen LogP) is -1.62. The van der Waals surface area contributed by atoms with Crippen molar-refractivity contribution >= 4 is 0 Å². The molecule has 10 heteroatoms. The Hall–Kier alpha value is -1.96. The van der Waals surface area contributed by atoms with Gasteiger partial charge in [0.15, 0.2) is 0 Å². The zero-order chi connectivity index (χ0) is 24.6. The second-order valence-corrected chi connectivity index (χ2v) is 8.75. The van der Waals surface area contributed by atoms with Gasteiger partial charge in [0.1, 0.15) is 61.0 Å². The zero-order valence-corrected chi connectivity index (χ0v) is 18.2. The van der Waals surface area contributed by atoms with E-state index in [4.69, 9.17) is 9.47 Å². The van der Waals surface area contributed by atoms with Crippen molar-refractivity contribution in [3.05, 3.63) is 59.7 Å². The Morgan fingerprint density at radius 1 is 0.529 bits per heavy atom. The lowest BCUT2D eigenvalue weighted by molar-refractivity contribution is -0.231. The molecule has 2 fully saturated rings. The monoisotopic (exact) mass is 478 g/mol. The molecule has 0 spiro atoms. The Labute approximate surface area is 195 Å². The van der Waals surface area contributed by atoms with E-state index < -0.39 is 74.3 Å². The molecule has 186 valence electrons. The highest BCUT2D eigenvalue weighted by molar-refractivity contribution is 5.64. The Bertz CT molecular complexity index is 949. The van der Waals surface area contributed by atoms with Crippen molar-refractivity contribution in [1.82, 2.24) is 0 Å². The normalized spacial score (nSPS) is 38.6. The minimum Gasteiger partial charge on any atom is -0.394 e. The van der Waals surface area contributed by atoms with E-state index >= 15 is 0 Å². The van der Waals surface area contributed by atoms with Crippen molar-refractivity contribution in [1.29, 1.82) is 0 Å². The van der Waals surface area contributed by atoms with Crippen LogP contribution in [0.2, 0.25) is 0 Å². The number of aliphatic hydroxyl groups excluding tert-OH is 8. The second kappa shape index (κ2) is 10.3. The van der Waals surface area contributed by atoms with Crippen LogP contribution in [0.25, 0.3) is 11.1 Å². The van der Waals surface area contributed by atoms with Crippen LogP contribution < -0.4 is 0 Å². The molecule has 4 rings (SSSR count). The van der Waals surface area contributed by atoms with Crippen LogP contribution in [0.5, 0.6) is 0 Å². The minimum atomic E-state index is -1.47. The number of benzene rings is 2. The van der Waals surface area contributed by atoms with E-state index in [9.17, 15) is 40.9 Å². The summed E-state index contributed by atoms with van der Waals surface area (Å²) in [5.74, 6) is 0. The average Bonchev–Trinajstić information content (AvgIpc) is 2.86. The summed E-state index contributed by atoms with van der Waals surface area (Å²) in [6.07, 6.45) is -12.5. The first-order chi connectivity index (χ1) is 16.3. The molecule has 2 aliphatic heterocycles. The Kier molecular flexibility index (Phi) is 7.65. The van der Waals surface area contributed by atoms with Gasteiger partial charge < -0.3 is 50.3 Å². The van der Waals surface area contributed by atoms with Gasteiger partial charge in [0, 0.05) is 0 Å². The molecule has 2 aliphatic rings. The second-order valence-electron chi connectivity index (χ2n) is 8.75. The van der Waals surface area contributed by atoms with Crippen molar-refractivity contribution in [3.8, 4) is 11.1 Å². The Morgan fingerprint density at radius 2 is 1.03 bits per heavy atom. The van der Waals surface area contributed by atoms with Crippen LogP contribution in [-0.2, 0) is 9.47 Å². The lowest BCUT2D eigenvalue weighted by atomic mass is 9.89. The van der Waals surface area contributed by atoms with Crippen molar-refractivity contribution in [3.63, 3.8) is 0 Å². The summed E-state index contributed by atoms with van der Waals surface area (Å²) in [5.41, 5.74) is 2.63. The van der Waals surface area contributed by atoms with Gasteiger partial charge in [-0.15, -0.1) is 0 Å². The summed E-state index contributed by atoms with van der Waals surface area (Å²) >= 11 is 0. The van der Waals surface area contributed by atoms with Gasteiger partial charge in [-0.05, 0) is 28.3 Å². The third kappa shape index (κ3) is 4.62. The number of hydrogen-bond acceptors (Lipinski definition) is 10. The summed E-state index contributed by atoms with van der Waals surface area (Å²) in [6, 6.07) is 14.0. The highest BCUT2D eigenvalue weighted by atomic mass is 16.6. The van der Waals surface area contributed by atoms with Crippen molar-refractivity contribution in [2.75, 3.05) is 13.2 Å². The van der Waals surface area contributed by atoms with Gasteiger partial charge in [-0.2, -0.15) is 0 Å². The quantitative estimate of drug-likeness (QED) is 0.249. The molecule has 0 radical (unpaired) electrons. The molecule has 0 bridgehead atoms. The molecular formula is C24H30O10. The van der Waals surface area contributed by atoms with Crippen LogP contribution >= 0.6 is 0 Å². The van der Waals surface area contributed by atoms with E-state index in [1.54, 1.807) is 42.5 Å². The third-order valence-electron chi connectivity index (χ3n) is 6.57. The molecule has 0 aromatic heterocycles. The topological polar surface area (TPSA) is 180 Å². The molecule has 0 amide bonds. The molecule has 2 heterocycles. The summed E-state index contributed by atoms with van der Waals surface area (Å²) in [6.45, 7) is -1.02. The van der Waals surface area contributed by atoms with Gasteiger partial charge in [0.2, 0.25) is 0 Å². The number of rotatable bonds is 5. The summed E-state index contributed by atoms with van der Waals surface area (Å²) in [7, 11) is 0. The van der Waals surface area contributed by atoms with Crippen LogP contribution in [0, 0.1) is 0 Å². The Morgan fingerprint density at radius 3 is 1.53 bits per heavy atom. The summed E-state index contributed by atoms with van der Waals surface area (Å²) < 4.78 is 11.2. The minimum absolute atomic E-state index is 0.510. The lowest BCUT2D eigenvalue weighted by Crippen LogP contribution is -2.55. The van der Waals surface area contributed by atoms with Gasteiger partial charge in [-0.1, -0.05) is 42.5 Å². The van der Waals surface area contributed by atoms with Gasteiger partial charge in [0.05, 0.1) is 13.2 Å². The van der Waals surface area contributed by atoms with Gasteiger partial charge in [-0.25, -0.2) is 0 Å². The van der Waals surface area contributed by atoms with Gasteiger partial charge in [-0.3, -0.25) is 0 Å². The molecule has 34 heavy (non-hydrogen) atoms. The fourth-order valence-electron chi connectivity index (χ4n) is 4.51. The summed E-state index contributed by atoms with van der Waals surface area (Å²) in [5, 5.41) is 79.7. The van der Waals surface area contributed by atoms with Crippen LogP contribution in [-0.4, -0.2) is 103 Å². The van der Waals surface area contributed by atoms with Crippen LogP contribution in [0.4, 0.5) is 0 Å². The van der Waals surface area contributed by atoms with Crippen molar-refractivity contribution in [2.24, 2.45) is 0 Å². The van der Waals surface area contributed by atoms with E-state index in [1.165, 1.54) is 0 Å².